The van der Waals surface area contributed by atoms with E-state index in [1.54, 1.807) is 42.5 Å². The minimum Gasteiger partial charge on any atom is -0.488 e. The molecule has 4 aromatic rings. The molecule has 2 N–H and O–H groups in total. The molecule has 0 saturated carbocycles. The van der Waals surface area contributed by atoms with Crippen molar-refractivity contribution in [1.29, 1.82) is 0 Å². The number of nitrogens with one attached hydrogen (secondary N) is 1. The van der Waals surface area contributed by atoms with Gasteiger partial charge in [-0.25, -0.2) is 0 Å². The third-order valence-electron chi connectivity index (χ3n) is 5.85. The number of nitrogens with zero attached hydrogens (tertiary/aromatic N) is 1. The zero-order valence-electron chi connectivity index (χ0n) is 17.9. The van der Waals surface area contributed by atoms with Gasteiger partial charge in [0.05, 0.1) is 5.92 Å². The second-order valence-electron chi connectivity index (χ2n) is 8.38. The van der Waals surface area contributed by atoms with Gasteiger partial charge >= 0.3 is 12.1 Å². The molecule has 9 heteroatoms. The van der Waals surface area contributed by atoms with E-state index in [-0.39, 0.29) is 18.1 Å². The van der Waals surface area contributed by atoms with E-state index in [9.17, 15) is 18.0 Å². The number of hydrogen-bond donors (Lipinski definition) is 2. The molecule has 2 aromatic carbocycles. The first kappa shape index (κ1) is 22.5. The maximum absolute atomic E-state index is 13.6. The highest BCUT2D eigenvalue weighted by Gasteiger charge is 2.36. The van der Waals surface area contributed by atoms with Crippen molar-refractivity contribution in [2.24, 2.45) is 5.92 Å². The second kappa shape index (κ2) is 8.81. The van der Waals surface area contributed by atoms with Gasteiger partial charge in [-0.05, 0) is 35.9 Å². The molecule has 3 heterocycles. The average Bonchev–Trinajstić information content (AvgIpc) is 3.38. The summed E-state index contributed by atoms with van der Waals surface area (Å²) in [4.78, 5) is 16.2. The van der Waals surface area contributed by atoms with Crippen LogP contribution in [0.1, 0.15) is 15.4 Å². The first-order valence-corrected chi connectivity index (χ1v) is 11.5. The number of fused-ring (bicyclic) bond motifs is 1. The molecule has 0 aliphatic carbocycles. The molecule has 0 spiro atoms. The van der Waals surface area contributed by atoms with Crippen molar-refractivity contribution in [3.8, 4) is 16.9 Å². The van der Waals surface area contributed by atoms with Crippen molar-refractivity contribution < 1.29 is 27.8 Å². The number of aromatic amines is 1. The number of carbonyl (C=O) groups is 1. The number of carboxylic acid groups (broad SMARTS) is 1. The van der Waals surface area contributed by atoms with Gasteiger partial charge in [0.1, 0.15) is 17.2 Å². The van der Waals surface area contributed by atoms with Crippen molar-refractivity contribution in [1.82, 2.24) is 9.88 Å². The van der Waals surface area contributed by atoms with E-state index in [0.29, 0.717) is 47.2 Å². The van der Waals surface area contributed by atoms with Crippen LogP contribution in [0.5, 0.6) is 5.75 Å². The molecule has 0 atom stereocenters. The first-order chi connectivity index (χ1) is 16.3. The van der Waals surface area contributed by atoms with E-state index in [2.05, 4.69) is 9.88 Å². The molecule has 176 valence electrons. The van der Waals surface area contributed by atoms with E-state index in [1.165, 1.54) is 0 Å². The van der Waals surface area contributed by atoms with Gasteiger partial charge in [-0.2, -0.15) is 13.2 Å². The summed E-state index contributed by atoms with van der Waals surface area (Å²) in [7, 11) is 0. The number of hydrogen-bond acceptors (Lipinski definition) is 4. The molecular weight excluding hydrogens is 465 g/mol. The number of carboxylic acids is 1. The van der Waals surface area contributed by atoms with E-state index in [1.807, 2.05) is 18.2 Å². The third-order valence-corrected chi connectivity index (χ3v) is 7.01. The molecule has 1 fully saturated rings. The lowest BCUT2D eigenvalue weighted by Gasteiger charge is -2.36. The van der Waals surface area contributed by atoms with E-state index < -0.39 is 17.0 Å². The molecule has 5 nitrogen and oxygen atoms in total. The van der Waals surface area contributed by atoms with Crippen LogP contribution in [0.4, 0.5) is 13.2 Å². The van der Waals surface area contributed by atoms with Gasteiger partial charge in [0.15, 0.2) is 0 Å². The number of alkyl halides is 3. The standard InChI is InChI=1S/C25H21F3N2O3S/c26-25(27,28)23-21(15-4-2-1-3-5-15)10-20(34-23)14-33-19-6-7-22-16(9-19)8-18(29-22)13-30-11-17(12-30)24(31)32/h1-10,17,29H,11-14H2,(H,31,32). The molecule has 34 heavy (non-hydrogen) atoms. The zero-order chi connectivity index (χ0) is 23.9. The lowest BCUT2D eigenvalue weighted by atomic mass is 10.0. The number of H-pyrrole nitrogens is 1. The minimum atomic E-state index is -4.44. The van der Waals surface area contributed by atoms with Crippen LogP contribution >= 0.6 is 11.3 Å². The molecule has 5 rings (SSSR count). The van der Waals surface area contributed by atoms with E-state index >= 15 is 0 Å². The van der Waals surface area contributed by atoms with Gasteiger partial charge < -0.3 is 14.8 Å². The highest BCUT2D eigenvalue weighted by Crippen LogP contribution is 2.43. The Morgan fingerprint density at radius 1 is 1.12 bits per heavy atom. The first-order valence-electron chi connectivity index (χ1n) is 10.7. The number of ether oxygens (including phenoxy) is 1. The highest BCUT2D eigenvalue weighted by atomic mass is 32.1. The fourth-order valence-electron chi connectivity index (χ4n) is 4.15. The summed E-state index contributed by atoms with van der Waals surface area (Å²) in [5, 5.41) is 9.93. The van der Waals surface area contributed by atoms with Crippen LogP contribution in [0.3, 0.4) is 0 Å². The van der Waals surface area contributed by atoms with Crippen molar-refractivity contribution in [3.05, 3.63) is 76.1 Å². The molecule has 1 aliphatic heterocycles. The Labute approximate surface area is 197 Å². The molecule has 0 bridgehead atoms. The lowest BCUT2D eigenvalue weighted by molar-refractivity contribution is -0.147. The molecule has 1 aliphatic rings. The summed E-state index contributed by atoms with van der Waals surface area (Å²) >= 11 is 0.703. The number of rotatable bonds is 7. The van der Waals surface area contributed by atoms with Crippen LogP contribution in [0.2, 0.25) is 0 Å². The van der Waals surface area contributed by atoms with Gasteiger partial charge in [-0.1, -0.05) is 30.3 Å². The Hall–Kier alpha value is -3.30. The van der Waals surface area contributed by atoms with Crippen LogP contribution in [-0.2, 0) is 24.1 Å². The summed E-state index contributed by atoms with van der Waals surface area (Å²) in [6.45, 7) is 1.73. The Bertz CT molecular complexity index is 1320. The number of thiophene rings is 1. The maximum Gasteiger partial charge on any atom is 0.426 e. The SMILES string of the molecule is O=C(O)C1CN(Cc2cc3cc(OCc4cc(-c5ccccc5)c(C(F)(F)F)s4)ccc3[nH]2)C1. The van der Waals surface area contributed by atoms with E-state index in [0.717, 1.165) is 16.6 Å². The fraction of sp³-hybridized carbons (Fsp3) is 0.240. The van der Waals surface area contributed by atoms with Crippen LogP contribution in [0.15, 0.2) is 60.7 Å². The summed E-state index contributed by atoms with van der Waals surface area (Å²) in [5.74, 6) is -0.503. The quantitative estimate of drug-likeness (QED) is 0.336. The summed E-state index contributed by atoms with van der Waals surface area (Å²) < 4.78 is 46.6. The molecule has 0 radical (unpaired) electrons. The van der Waals surface area contributed by atoms with Crippen molar-refractivity contribution in [3.63, 3.8) is 0 Å². The highest BCUT2D eigenvalue weighted by molar-refractivity contribution is 7.12. The number of likely N-dealkylation sites (tertiary alicyclic amines) is 1. The predicted molar refractivity (Wildman–Crippen MR) is 124 cm³/mol. The van der Waals surface area contributed by atoms with Crippen molar-refractivity contribution in [2.75, 3.05) is 13.1 Å². The average molecular weight is 487 g/mol. The number of halogens is 3. The minimum absolute atomic E-state index is 0.0354. The summed E-state index contributed by atoms with van der Waals surface area (Å²) in [5.41, 5.74) is 2.57. The Balaban J connectivity index is 1.28. The zero-order valence-corrected chi connectivity index (χ0v) is 18.7. The number of aliphatic carboxylic acids is 1. The van der Waals surface area contributed by atoms with Crippen molar-refractivity contribution >= 4 is 28.2 Å². The Morgan fingerprint density at radius 3 is 2.59 bits per heavy atom. The van der Waals surface area contributed by atoms with Crippen molar-refractivity contribution in [2.45, 2.75) is 19.3 Å². The normalized spacial score (nSPS) is 14.9. The molecular formula is C25H21F3N2O3S. The number of benzene rings is 2. The van der Waals surface area contributed by atoms with Gasteiger partial charge in [0, 0.05) is 46.7 Å². The van der Waals surface area contributed by atoms with Gasteiger partial charge in [0.2, 0.25) is 0 Å². The summed E-state index contributed by atoms with van der Waals surface area (Å²) in [6.07, 6.45) is -4.44. The van der Waals surface area contributed by atoms with E-state index in [4.69, 9.17) is 9.84 Å². The van der Waals surface area contributed by atoms with Crippen LogP contribution in [-0.4, -0.2) is 34.0 Å². The maximum atomic E-state index is 13.6. The smallest absolute Gasteiger partial charge is 0.426 e. The monoisotopic (exact) mass is 486 g/mol. The van der Waals surface area contributed by atoms with Crippen LogP contribution in [0.25, 0.3) is 22.0 Å². The van der Waals surface area contributed by atoms with Gasteiger partial charge in [-0.15, -0.1) is 11.3 Å². The lowest BCUT2D eigenvalue weighted by Crippen LogP contribution is -2.49. The predicted octanol–water partition coefficient (Wildman–Crippen LogP) is 6.01. The largest absolute Gasteiger partial charge is 0.488 e. The Kier molecular flexibility index (Phi) is 5.83. The molecule has 0 unspecified atom stereocenters. The number of aromatic nitrogens is 1. The molecule has 1 saturated heterocycles. The second-order valence-corrected chi connectivity index (χ2v) is 9.52. The van der Waals surface area contributed by atoms with Gasteiger partial charge in [0.25, 0.3) is 0 Å². The fourth-order valence-corrected chi connectivity index (χ4v) is 5.11. The van der Waals surface area contributed by atoms with Crippen LogP contribution < -0.4 is 4.74 Å². The topological polar surface area (TPSA) is 65.6 Å². The van der Waals surface area contributed by atoms with Crippen LogP contribution in [0, 0.1) is 5.92 Å². The van der Waals surface area contributed by atoms with Gasteiger partial charge in [-0.3, -0.25) is 9.69 Å². The summed E-state index contributed by atoms with van der Waals surface area (Å²) in [6, 6.07) is 17.6. The molecule has 0 amide bonds. The molecule has 2 aromatic heterocycles. The third kappa shape index (κ3) is 4.67. The Morgan fingerprint density at radius 2 is 1.88 bits per heavy atom.